The first-order chi connectivity index (χ1) is 11.2. The fraction of sp³-hybridized carbons (Fsp3) is 0.353. The second kappa shape index (κ2) is 7.16. The molecule has 7 heteroatoms. The number of carbonyl (C=O) groups is 2. The highest BCUT2D eigenvalue weighted by Crippen LogP contribution is 2.19. The van der Waals surface area contributed by atoms with Crippen molar-refractivity contribution in [1.29, 1.82) is 0 Å². The molecule has 2 rings (SSSR count). The molecule has 2 amide bonds. The predicted molar refractivity (Wildman–Crippen MR) is 88.9 cm³/mol. The van der Waals surface area contributed by atoms with E-state index in [1.54, 1.807) is 18.2 Å². The third-order valence-corrected chi connectivity index (χ3v) is 2.93. The molecule has 2 N–H and O–H groups in total. The van der Waals surface area contributed by atoms with Crippen LogP contribution < -0.4 is 21.0 Å². The molecule has 0 fully saturated rings. The van der Waals surface area contributed by atoms with E-state index >= 15 is 0 Å². The lowest BCUT2D eigenvalue weighted by atomic mass is 10.1. The van der Waals surface area contributed by atoms with Crippen molar-refractivity contribution in [2.45, 2.75) is 26.3 Å². The smallest absolute Gasteiger partial charge is 0.336 e. The summed E-state index contributed by atoms with van der Waals surface area (Å²) in [5.74, 6) is -0.303. The van der Waals surface area contributed by atoms with Crippen LogP contribution in [0.4, 0.5) is 0 Å². The Morgan fingerprint density at radius 3 is 2.54 bits per heavy atom. The Morgan fingerprint density at radius 1 is 1.12 bits per heavy atom. The Hall–Kier alpha value is -2.83. The normalized spacial score (nSPS) is 11.1. The molecule has 0 radical (unpaired) electrons. The number of rotatable bonds is 5. The minimum atomic E-state index is -0.456. The zero-order valence-electron chi connectivity index (χ0n) is 13.8. The maximum absolute atomic E-state index is 11.7. The van der Waals surface area contributed by atoms with E-state index in [-0.39, 0.29) is 24.6 Å². The van der Waals surface area contributed by atoms with Crippen molar-refractivity contribution in [3.8, 4) is 5.75 Å². The maximum atomic E-state index is 11.7. The summed E-state index contributed by atoms with van der Waals surface area (Å²) in [6, 6.07) is 7.91. The highest BCUT2D eigenvalue weighted by Gasteiger charge is 2.14. The summed E-state index contributed by atoms with van der Waals surface area (Å²) < 4.78 is 10.4. The first kappa shape index (κ1) is 17.5. The van der Waals surface area contributed by atoms with Crippen LogP contribution in [0.25, 0.3) is 11.0 Å². The number of amides is 2. The minimum Gasteiger partial charge on any atom is -0.484 e. The van der Waals surface area contributed by atoms with E-state index in [1.165, 1.54) is 12.1 Å². The van der Waals surface area contributed by atoms with Crippen molar-refractivity contribution >= 4 is 22.8 Å². The predicted octanol–water partition coefficient (Wildman–Crippen LogP) is 1.20. The molecule has 24 heavy (non-hydrogen) atoms. The van der Waals surface area contributed by atoms with Crippen molar-refractivity contribution in [3.05, 3.63) is 40.8 Å². The van der Waals surface area contributed by atoms with E-state index in [4.69, 9.17) is 9.15 Å². The van der Waals surface area contributed by atoms with E-state index in [9.17, 15) is 14.4 Å². The number of nitrogens with one attached hydrogen (secondary N) is 2. The lowest BCUT2D eigenvalue weighted by Gasteiger charge is -2.20. The first-order valence-electron chi connectivity index (χ1n) is 7.47. The molecule has 1 aromatic heterocycles. The summed E-state index contributed by atoms with van der Waals surface area (Å²) in [5.41, 5.74) is -0.430. The van der Waals surface area contributed by atoms with Gasteiger partial charge in [0.25, 0.3) is 5.91 Å². The standard InChI is InChI=1S/C17H20N2O5/c1-17(2,3)19-14(20)9-18-15(21)10-23-12-6-4-11-5-7-16(22)24-13(11)8-12/h4-8H,9-10H2,1-3H3,(H,18,21)(H,19,20). The van der Waals surface area contributed by atoms with E-state index < -0.39 is 11.5 Å². The van der Waals surface area contributed by atoms with Crippen LogP contribution in [0.15, 0.2) is 39.5 Å². The lowest BCUT2D eigenvalue weighted by Crippen LogP contribution is -2.46. The van der Waals surface area contributed by atoms with Gasteiger partial charge in [0.2, 0.25) is 5.91 Å². The van der Waals surface area contributed by atoms with E-state index in [2.05, 4.69) is 10.6 Å². The molecular weight excluding hydrogens is 312 g/mol. The van der Waals surface area contributed by atoms with Gasteiger partial charge in [0, 0.05) is 23.1 Å². The quantitative estimate of drug-likeness (QED) is 0.802. The molecule has 0 spiro atoms. The van der Waals surface area contributed by atoms with Gasteiger partial charge in [-0.05, 0) is 39.0 Å². The van der Waals surface area contributed by atoms with E-state index in [0.29, 0.717) is 11.3 Å². The van der Waals surface area contributed by atoms with Gasteiger partial charge in [-0.1, -0.05) is 0 Å². The number of hydrogen-bond acceptors (Lipinski definition) is 5. The van der Waals surface area contributed by atoms with Gasteiger partial charge in [0.1, 0.15) is 11.3 Å². The fourth-order valence-electron chi connectivity index (χ4n) is 1.97. The van der Waals surface area contributed by atoms with Crippen LogP contribution in [0.3, 0.4) is 0 Å². The monoisotopic (exact) mass is 332 g/mol. The van der Waals surface area contributed by atoms with Gasteiger partial charge in [0.05, 0.1) is 6.54 Å². The largest absolute Gasteiger partial charge is 0.484 e. The first-order valence-corrected chi connectivity index (χ1v) is 7.47. The topological polar surface area (TPSA) is 97.6 Å². The second-order valence-electron chi connectivity index (χ2n) is 6.32. The zero-order valence-corrected chi connectivity index (χ0v) is 13.8. The Balaban J connectivity index is 1.85. The van der Waals surface area contributed by atoms with Crippen LogP contribution in [0.5, 0.6) is 5.75 Å². The molecule has 0 aliphatic rings. The van der Waals surface area contributed by atoms with E-state index in [1.807, 2.05) is 20.8 Å². The third-order valence-electron chi connectivity index (χ3n) is 2.93. The van der Waals surface area contributed by atoms with Crippen LogP contribution >= 0.6 is 0 Å². The van der Waals surface area contributed by atoms with Gasteiger partial charge in [-0.3, -0.25) is 9.59 Å². The SMILES string of the molecule is CC(C)(C)NC(=O)CNC(=O)COc1ccc2ccc(=O)oc2c1. The van der Waals surface area contributed by atoms with Crippen molar-refractivity contribution in [1.82, 2.24) is 10.6 Å². The molecule has 0 saturated carbocycles. The molecule has 2 aromatic rings. The Morgan fingerprint density at radius 2 is 1.83 bits per heavy atom. The average molecular weight is 332 g/mol. The van der Waals surface area contributed by atoms with Gasteiger partial charge < -0.3 is 19.8 Å². The van der Waals surface area contributed by atoms with E-state index in [0.717, 1.165) is 5.39 Å². The van der Waals surface area contributed by atoms with Gasteiger partial charge >= 0.3 is 5.63 Å². The van der Waals surface area contributed by atoms with Crippen molar-refractivity contribution in [2.24, 2.45) is 0 Å². The summed E-state index contributed by atoms with van der Waals surface area (Å²) in [5, 5.41) is 5.96. The fourth-order valence-corrected chi connectivity index (χ4v) is 1.97. The summed E-state index contributed by atoms with van der Waals surface area (Å²) in [6.07, 6.45) is 0. The van der Waals surface area contributed by atoms with Crippen molar-refractivity contribution in [3.63, 3.8) is 0 Å². The number of carbonyl (C=O) groups excluding carboxylic acids is 2. The van der Waals surface area contributed by atoms with Crippen molar-refractivity contribution < 1.29 is 18.7 Å². The van der Waals surface area contributed by atoms with Gasteiger partial charge in [-0.25, -0.2) is 4.79 Å². The summed E-state index contributed by atoms with van der Waals surface area (Å²) in [6.45, 7) is 5.20. The maximum Gasteiger partial charge on any atom is 0.336 e. The second-order valence-corrected chi connectivity index (χ2v) is 6.32. The highest BCUT2D eigenvalue weighted by atomic mass is 16.5. The number of ether oxygens (including phenoxy) is 1. The van der Waals surface area contributed by atoms with Crippen LogP contribution in [0.1, 0.15) is 20.8 Å². The van der Waals surface area contributed by atoms with Crippen LogP contribution in [-0.4, -0.2) is 30.5 Å². The van der Waals surface area contributed by atoms with Gasteiger partial charge in [-0.15, -0.1) is 0 Å². The van der Waals surface area contributed by atoms with Gasteiger partial charge in [0.15, 0.2) is 6.61 Å². The zero-order chi connectivity index (χ0) is 17.7. The van der Waals surface area contributed by atoms with Crippen LogP contribution in [0.2, 0.25) is 0 Å². The Kier molecular flexibility index (Phi) is 5.23. The molecule has 7 nitrogen and oxygen atoms in total. The van der Waals surface area contributed by atoms with Crippen LogP contribution in [-0.2, 0) is 9.59 Å². The molecule has 0 atom stereocenters. The van der Waals surface area contributed by atoms with Crippen molar-refractivity contribution in [2.75, 3.05) is 13.2 Å². The van der Waals surface area contributed by atoms with Crippen LogP contribution in [0, 0.1) is 0 Å². The Bertz CT molecular complexity index is 804. The minimum absolute atomic E-state index is 0.119. The summed E-state index contributed by atoms with van der Waals surface area (Å²) >= 11 is 0. The Labute approximate surface area is 139 Å². The molecule has 128 valence electrons. The number of benzene rings is 1. The number of fused-ring (bicyclic) bond motifs is 1. The molecule has 0 saturated heterocycles. The molecule has 0 bridgehead atoms. The third kappa shape index (κ3) is 5.42. The molecule has 1 heterocycles. The van der Waals surface area contributed by atoms with Gasteiger partial charge in [-0.2, -0.15) is 0 Å². The molecule has 1 aromatic carbocycles. The molecular formula is C17H20N2O5. The molecule has 0 unspecified atom stereocenters. The highest BCUT2D eigenvalue weighted by molar-refractivity contribution is 5.85. The molecule has 0 aliphatic heterocycles. The lowest BCUT2D eigenvalue weighted by molar-refractivity contribution is -0.127. The molecule has 0 aliphatic carbocycles. The number of hydrogen-bond donors (Lipinski definition) is 2. The summed E-state index contributed by atoms with van der Waals surface area (Å²) in [7, 11) is 0. The average Bonchev–Trinajstić information content (AvgIpc) is 2.48. The summed E-state index contributed by atoms with van der Waals surface area (Å²) in [4.78, 5) is 34.5.